The third-order valence-corrected chi connectivity index (χ3v) is 3.32. The summed E-state index contributed by atoms with van der Waals surface area (Å²) in [5.74, 6) is 0. The fourth-order valence-corrected chi connectivity index (χ4v) is 2.45. The zero-order chi connectivity index (χ0) is 11.1. The number of thiophene rings is 1. The largest absolute Gasteiger partial charge is 0.308 e. The van der Waals surface area contributed by atoms with E-state index in [1.807, 2.05) is 6.08 Å². The van der Waals surface area contributed by atoms with Crippen molar-refractivity contribution in [3.63, 3.8) is 0 Å². The van der Waals surface area contributed by atoms with Gasteiger partial charge in [0.05, 0.1) is 0 Å². The monoisotopic (exact) mass is 223 g/mol. The molecule has 1 heterocycles. The zero-order valence-corrected chi connectivity index (χ0v) is 10.5. The third-order valence-electron chi connectivity index (χ3n) is 2.62. The van der Waals surface area contributed by atoms with Crippen molar-refractivity contribution in [2.24, 2.45) is 0 Å². The normalized spacial score (nSPS) is 14.8. The second kappa shape index (κ2) is 6.81. The van der Waals surface area contributed by atoms with Gasteiger partial charge in [0, 0.05) is 12.1 Å². The first-order chi connectivity index (χ1) is 7.24. The fraction of sp³-hybridized carbons (Fsp3) is 0.538. The van der Waals surface area contributed by atoms with E-state index in [9.17, 15) is 0 Å². The Labute approximate surface area is 97.2 Å². The summed E-state index contributed by atoms with van der Waals surface area (Å²) in [4.78, 5) is 0. The fourth-order valence-electron chi connectivity index (χ4n) is 1.70. The predicted molar refractivity (Wildman–Crippen MR) is 69.4 cm³/mol. The van der Waals surface area contributed by atoms with Crippen LogP contribution in [-0.4, -0.2) is 6.04 Å². The first-order valence-corrected chi connectivity index (χ1v) is 6.57. The zero-order valence-electron chi connectivity index (χ0n) is 9.70. The molecule has 1 aromatic rings. The number of hydrogen-bond donors (Lipinski definition) is 1. The van der Waals surface area contributed by atoms with Crippen molar-refractivity contribution in [3.8, 4) is 0 Å². The molecule has 0 aliphatic rings. The Bertz CT molecular complexity index is 266. The van der Waals surface area contributed by atoms with Crippen LogP contribution in [0.5, 0.6) is 0 Å². The molecule has 2 unspecified atom stereocenters. The molecular weight excluding hydrogens is 202 g/mol. The topological polar surface area (TPSA) is 12.0 Å². The maximum absolute atomic E-state index is 3.74. The molecule has 0 bridgehead atoms. The van der Waals surface area contributed by atoms with Crippen molar-refractivity contribution < 1.29 is 0 Å². The standard InChI is InChI=1S/C13H21NS/c1-4-5-6-7-11(2)14-12(3)13-8-9-15-10-13/h4,8-12,14H,1,5-7H2,2-3H3. The summed E-state index contributed by atoms with van der Waals surface area (Å²) in [6, 6.07) is 3.24. The Morgan fingerprint density at radius 2 is 2.33 bits per heavy atom. The van der Waals surface area contributed by atoms with Crippen molar-refractivity contribution in [1.29, 1.82) is 0 Å². The molecule has 0 fully saturated rings. The molecule has 1 rings (SSSR count). The van der Waals surface area contributed by atoms with Gasteiger partial charge in [0.15, 0.2) is 0 Å². The van der Waals surface area contributed by atoms with Crippen LogP contribution in [0.4, 0.5) is 0 Å². The van der Waals surface area contributed by atoms with Gasteiger partial charge in [-0.25, -0.2) is 0 Å². The van der Waals surface area contributed by atoms with Gasteiger partial charge in [-0.2, -0.15) is 11.3 Å². The van der Waals surface area contributed by atoms with Gasteiger partial charge in [-0.05, 0) is 55.5 Å². The summed E-state index contributed by atoms with van der Waals surface area (Å²) in [5, 5.41) is 7.96. The molecule has 1 aromatic heterocycles. The molecule has 2 heteroatoms. The average Bonchev–Trinajstić information content (AvgIpc) is 2.70. The predicted octanol–water partition coefficient (Wildman–Crippen LogP) is 4.14. The van der Waals surface area contributed by atoms with Crippen LogP contribution >= 0.6 is 11.3 Å². The maximum atomic E-state index is 3.74. The highest BCUT2D eigenvalue weighted by molar-refractivity contribution is 7.07. The quantitative estimate of drug-likeness (QED) is 0.541. The van der Waals surface area contributed by atoms with Crippen LogP contribution in [-0.2, 0) is 0 Å². The lowest BCUT2D eigenvalue weighted by Gasteiger charge is -2.19. The molecule has 84 valence electrons. The van der Waals surface area contributed by atoms with Crippen LogP contribution in [0.2, 0.25) is 0 Å². The third kappa shape index (κ3) is 4.63. The van der Waals surface area contributed by atoms with Gasteiger partial charge in [-0.1, -0.05) is 6.08 Å². The van der Waals surface area contributed by atoms with Crippen LogP contribution in [0.1, 0.15) is 44.7 Å². The van der Waals surface area contributed by atoms with Crippen LogP contribution in [0.3, 0.4) is 0 Å². The Balaban J connectivity index is 2.25. The molecule has 0 spiro atoms. The number of rotatable bonds is 7. The Morgan fingerprint density at radius 1 is 1.53 bits per heavy atom. The van der Waals surface area contributed by atoms with Crippen molar-refractivity contribution >= 4 is 11.3 Å². The molecule has 0 saturated heterocycles. The Hall–Kier alpha value is -0.600. The summed E-state index contributed by atoms with van der Waals surface area (Å²) < 4.78 is 0. The minimum atomic E-state index is 0.468. The number of hydrogen-bond acceptors (Lipinski definition) is 2. The summed E-state index contributed by atoms with van der Waals surface area (Å²) in [6.45, 7) is 8.22. The summed E-state index contributed by atoms with van der Waals surface area (Å²) in [6.07, 6.45) is 5.57. The number of nitrogens with one attached hydrogen (secondary N) is 1. The van der Waals surface area contributed by atoms with Crippen molar-refractivity contribution in [1.82, 2.24) is 5.32 Å². The lowest BCUT2D eigenvalue weighted by Crippen LogP contribution is -2.28. The summed E-state index contributed by atoms with van der Waals surface area (Å²) >= 11 is 1.76. The van der Waals surface area contributed by atoms with E-state index in [0.717, 1.165) is 6.42 Å². The molecule has 0 aliphatic carbocycles. The van der Waals surface area contributed by atoms with Gasteiger partial charge >= 0.3 is 0 Å². The molecule has 2 atom stereocenters. The summed E-state index contributed by atoms with van der Waals surface area (Å²) in [7, 11) is 0. The smallest absolute Gasteiger partial charge is 0.0302 e. The van der Waals surface area contributed by atoms with E-state index in [0.29, 0.717) is 12.1 Å². The van der Waals surface area contributed by atoms with E-state index in [1.54, 1.807) is 11.3 Å². The molecule has 0 aliphatic heterocycles. The highest BCUT2D eigenvalue weighted by Crippen LogP contribution is 2.17. The van der Waals surface area contributed by atoms with E-state index < -0.39 is 0 Å². The molecule has 0 aromatic carbocycles. The Kier molecular flexibility index (Phi) is 5.66. The molecule has 0 amide bonds. The van der Waals surface area contributed by atoms with E-state index in [4.69, 9.17) is 0 Å². The van der Waals surface area contributed by atoms with Gasteiger partial charge in [0.1, 0.15) is 0 Å². The van der Waals surface area contributed by atoms with E-state index in [1.165, 1.54) is 18.4 Å². The highest BCUT2D eigenvalue weighted by atomic mass is 32.1. The van der Waals surface area contributed by atoms with Crippen LogP contribution in [0.25, 0.3) is 0 Å². The second-order valence-corrected chi connectivity index (χ2v) is 4.85. The minimum Gasteiger partial charge on any atom is -0.308 e. The van der Waals surface area contributed by atoms with Crippen LogP contribution in [0, 0.1) is 0 Å². The maximum Gasteiger partial charge on any atom is 0.0302 e. The summed E-state index contributed by atoms with van der Waals surface area (Å²) in [5.41, 5.74) is 1.40. The minimum absolute atomic E-state index is 0.468. The molecule has 1 N–H and O–H groups in total. The van der Waals surface area contributed by atoms with Crippen LogP contribution in [0.15, 0.2) is 29.5 Å². The second-order valence-electron chi connectivity index (χ2n) is 4.07. The van der Waals surface area contributed by atoms with Crippen molar-refractivity contribution in [2.45, 2.75) is 45.2 Å². The first kappa shape index (κ1) is 12.5. The molecule has 0 saturated carbocycles. The number of unbranched alkanes of at least 4 members (excludes halogenated alkanes) is 1. The van der Waals surface area contributed by atoms with E-state index in [2.05, 4.69) is 42.6 Å². The van der Waals surface area contributed by atoms with Gasteiger partial charge in [0.2, 0.25) is 0 Å². The van der Waals surface area contributed by atoms with Gasteiger partial charge in [-0.3, -0.25) is 0 Å². The SMILES string of the molecule is C=CCCCC(C)NC(C)c1ccsc1. The van der Waals surface area contributed by atoms with Gasteiger partial charge in [-0.15, -0.1) is 6.58 Å². The van der Waals surface area contributed by atoms with E-state index >= 15 is 0 Å². The van der Waals surface area contributed by atoms with Crippen molar-refractivity contribution in [3.05, 3.63) is 35.0 Å². The molecule has 0 radical (unpaired) electrons. The highest BCUT2D eigenvalue weighted by Gasteiger charge is 2.08. The molecule has 15 heavy (non-hydrogen) atoms. The average molecular weight is 223 g/mol. The molecular formula is C13H21NS. The number of allylic oxidation sites excluding steroid dienone is 1. The van der Waals surface area contributed by atoms with Crippen LogP contribution < -0.4 is 5.32 Å². The Morgan fingerprint density at radius 3 is 2.93 bits per heavy atom. The first-order valence-electron chi connectivity index (χ1n) is 5.63. The lowest BCUT2D eigenvalue weighted by atomic mass is 10.1. The van der Waals surface area contributed by atoms with Gasteiger partial charge in [0.25, 0.3) is 0 Å². The molecule has 1 nitrogen and oxygen atoms in total. The van der Waals surface area contributed by atoms with Crippen molar-refractivity contribution in [2.75, 3.05) is 0 Å². The lowest BCUT2D eigenvalue weighted by molar-refractivity contribution is 0.448. The van der Waals surface area contributed by atoms with Gasteiger partial charge < -0.3 is 5.32 Å². The van der Waals surface area contributed by atoms with E-state index in [-0.39, 0.29) is 0 Å².